The number of aromatic nitrogens is 1. The molecule has 1 N–H and O–H groups in total. The van der Waals surface area contributed by atoms with Crippen LogP contribution in [0.4, 0.5) is 0 Å². The number of Topliss-reactive ketones (excluding diaryl/α,β-unsaturated/α-hetero) is 1. The fraction of sp³-hybridized carbons (Fsp3) is 0.211. The summed E-state index contributed by atoms with van der Waals surface area (Å²) in [7, 11) is 1.62. The Morgan fingerprint density at radius 3 is 2.77 bits per heavy atom. The molecule has 0 aliphatic heterocycles. The molecule has 0 radical (unpaired) electrons. The Hall–Kier alpha value is -1.86. The molecule has 3 rings (SSSR count). The van der Waals surface area contributed by atoms with Crippen molar-refractivity contribution in [1.82, 2.24) is 4.57 Å². The summed E-state index contributed by atoms with van der Waals surface area (Å²) in [5, 5.41) is 5.44. The molecular formula is C19H21BBrNO3S. The van der Waals surface area contributed by atoms with Gasteiger partial charge in [-0.2, -0.15) is 0 Å². The van der Waals surface area contributed by atoms with E-state index < -0.39 is 0 Å². The number of phenols is 1. The fourth-order valence-corrected chi connectivity index (χ4v) is 3.68. The summed E-state index contributed by atoms with van der Waals surface area (Å²) in [6.45, 7) is 3.51. The normalized spacial score (nSPS) is 11.1. The maximum absolute atomic E-state index is 12.2. The predicted octanol–water partition coefficient (Wildman–Crippen LogP) is 4.68. The van der Waals surface area contributed by atoms with E-state index in [4.69, 9.17) is 12.6 Å². The Morgan fingerprint density at radius 1 is 1.46 bits per heavy atom. The highest BCUT2D eigenvalue weighted by molar-refractivity contribution is 9.10. The first-order valence-electron chi connectivity index (χ1n) is 8.96. The summed E-state index contributed by atoms with van der Waals surface area (Å²) in [5.74, 6) is 1.12. The average Bonchev–Trinajstić information content (AvgIpc) is 2.93. The number of hydrogen-bond donors (Lipinski definition) is 2. The number of thiol groups is 1. The van der Waals surface area contributed by atoms with Gasteiger partial charge in [0.25, 0.3) is 1.43 Å². The van der Waals surface area contributed by atoms with Crippen LogP contribution in [0.3, 0.4) is 0 Å². The fourth-order valence-electron chi connectivity index (χ4n) is 2.78. The van der Waals surface area contributed by atoms with E-state index in [9.17, 15) is 4.79 Å². The maximum Gasteiger partial charge on any atom is 0.293 e. The molecule has 3 aromatic rings. The third-order valence-corrected chi connectivity index (χ3v) is 4.57. The standard InChI is InChI=1S/C18H16BrNO3.CH5BS/c1-11(21)18-17(19)16-14(7-4-8-15(16)22)20(18)10-12-5-3-6-13(9-12)23-2;1-2-3/h3-9,22H,10H2,1-2H3;2-3H,1H3/i;2D/hT. The van der Waals surface area contributed by atoms with Crippen LogP contribution < -0.4 is 4.74 Å². The Balaban J connectivity index is 0.000000640. The Kier molecular flexibility index (Phi) is 6.20. The molecule has 0 amide bonds. The first-order chi connectivity index (χ1) is 13.3. The zero-order valence-corrected chi connectivity index (χ0v) is 17.3. The van der Waals surface area contributed by atoms with Crippen molar-refractivity contribution in [2.24, 2.45) is 0 Å². The van der Waals surface area contributed by atoms with E-state index in [-0.39, 0.29) is 12.3 Å². The molecule has 1 heterocycles. The van der Waals surface area contributed by atoms with E-state index in [0.717, 1.165) is 22.2 Å². The minimum absolute atomic E-state index is 0.0584. The van der Waals surface area contributed by atoms with Crippen molar-refractivity contribution in [2.75, 3.05) is 7.11 Å². The number of phenolic OH excluding ortho intramolecular Hbond substituents is 1. The predicted molar refractivity (Wildman–Crippen MR) is 115 cm³/mol. The van der Waals surface area contributed by atoms with Crippen molar-refractivity contribution in [3.8, 4) is 11.5 Å². The van der Waals surface area contributed by atoms with Gasteiger partial charge in [0.15, 0.2) is 12.3 Å². The lowest BCUT2D eigenvalue weighted by Gasteiger charge is -2.10. The summed E-state index contributed by atoms with van der Waals surface area (Å²) in [6.07, 6.45) is 0. The minimum atomic E-state index is -0.222. The van der Waals surface area contributed by atoms with Crippen LogP contribution in [0, 0.1) is 0 Å². The minimum Gasteiger partial charge on any atom is -0.507 e. The molecular weight excluding hydrogens is 413 g/mol. The van der Waals surface area contributed by atoms with Crippen LogP contribution in [0.25, 0.3) is 10.9 Å². The SMILES string of the molecule is [2H]B(C)S.[3H]Oc1cccc2c1c(Br)c(C(C)=O)n2Cc1cccc(OC)c1. The number of hydrogen-bond acceptors (Lipinski definition) is 4. The van der Waals surface area contributed by atoms with E-state index >= 15 is 0 Å². The first kappa shape index (κ1) is 17.6. The summed E-state index contributed by atoms with van der Waals surface area (Å²) in [5.41, 5.74) is 2.40. The van der Waals surface area contributed by atoms with Crippen LogP contribution in [0.15, 0.2) is 46.9 Å². The number of benzene rings is 2. The Bertz CT molecular complexity index is 978. The topological polar surface area (TPSA) is 51.5 Å². The molecule has 4 nitrogen and oxygen atoms in total. The smallest absolute Gasteiger partial charge is 0.293 e. The molecule has 26 heavy (non-hydrogen) atoms. The molecule has 1 aromatic heterocycles. The van der Waals surface area contributed by atoms with Gasteiger partial charge in [0.05, 0.1) is 22.5 Å². The quantitative estimate of drug-likeness (QED) is 0.346. The van der Waals surface area contributed by atoms with Gasteiger partial charge in [-0.25, -0.2) is 12.5 Å². The Morgan fingerprint density at radius 2 is 2.15 bits per heavy atom. The molecule has 7 heteroatoms. The number of ketones is 1. The number of fused-ring (bicyclic) bond motifs is 1. The zero-order chi connectivity index (χ0) is 20.8. The van der Waals surface area contributed by atoms with Crippen LogP contribution in [0.1, 0.15) is 23.0 Å². The van der Waals surface area contributed by atoms with Crippen molar-refractivity contribution < 1.29 is 14.6 Å². The highest BCUT2D eigenvalue weighted by Gasteiger charge is 2.21. The van der Waals surface area contributed by atoms with Gasteiger partial charge in [-0.1, -0.05) is 25.0 Å². The van der Waals surface area contributed by atoms with Crippen LogP contribution in [-0.4, -0.2) is 31.9 Å². The molecule has 0 atom stereocenters. The number of nitrogens with zero attached hydrogens (tertiary/aromatic N) is 1. The van der Waals surface area contributed by atoms with Crippen LogP contribution >= 0.6 is 28.4 Å². The van der Waals surface area contributed by atoms with E-state index in [1.54, 1.807) is 20.0 Å². The van der Waals surface area contributed by atoms with Crippen molar-refractivity contribution in [3.63, 3.8) is 0 Å². The monoisotopic (exact) mass is 436 g/mol. The summed E-state index contributed by atoms with van der Waals surface area (Å²) < 4.78 is 21.5. The molecule has 0 aliphatic carbocycles. The number of aromatic hydroxyl groups is 1. The van der Waals surface area contributed by atoms with Crippen LogP contribution in [0.5, 0.6) is 11.5 Å². The number of methoxy groups -OCH3 is 1. The Labute approximate surface area is 170 Å². The highest BCUT2D eigenvalue weighted by Crippen LogP contribution is 2.37. The van der Waals surface area contributed by atoms with Crippen molar-refractivity contribution in [3.05, 3.63) is 58.2 Å². The first-order valence-corrected chi connectivity index (χ1v) is 9.29. The average molecular weight is 437 g/mol. The lowest BCUT2D eigenvalue weighted by molar-refractivity contribution is 0.100. The summed E-state index contributed by atoms with van der Waals surface area (Å²) in [6, 6.07) is 13.1. The van der Waals surface area contributed by atoms with Gasteiger partial charge in [-0.15, -0.1) is 0 Å². The highest BCUT2D eigenvalue weighted by atomic mass is 79.9. The second-order valence-corrected chi connectivity index (χ2v) is 6.87. The van der Waals surface area contributed by atoms with Gasteiger partial charge < -0.3 is 14.4 Å². The number of ether oxygens (including phenoxy) is 1. The number of carbonyl (C=O) groups excluding carboxylic acids is 1. The molecule has 136 valence electrons. The lowest BCUT2D eigenvalue weighted by Crippen LogP contribution is -2.08. The molecule has 0 aliphatic rings. The number of halogens is 1. The van der Waals surface area contributed by atoms with Gasteiger partial charge in [-0.3, -0.25) is 4.79 Å². The second-order valence-electron chi connectivity index (χ2n) is 5.56. The molecule has 0 fully saturated rings. The summed E-state index contributed by atoms with van der Waals surface area (Å²) >= 11 is 7.14. The second kappa shape index (κ2) is 9.19. The van der Waals surface area contributed by atoms with E-state index in [0.29, 0.717) is 22.5 Å². The van der Waals surface area contributed by atoms with E-state index in [2.05, 4.69) is 28.4 Å². The molecule has 0 spiro atoms. The lowest BCUT2D eigenvalue weighted by atomic mass is 10.2. The number of rotatable bonds is 5. The maximum atomic E-state index is 12.2. The number of carbonyl (C=O) groups is 1. The third kappa shape index (κ3) is 4.27. The molecule has 0 unspecified atom stereocenters. The van der Waals surface area contributed by atoms with Gasteiger partial charge in [0, 0.05) is 13.5 Å². The largest absolute Gasteiger partial charge is 0.507 e. The van der Waals surface area contributed by atoms with Crippen molar-refractivity contribution in [1.29, 1.82) is 2.77 Å². The molecule has 0 saturated heterocycles. The van der Waals surface area contributed by atoms with Crippen molar-refractivity contribution in [2.45, 2.75) is 20.3 Å². The van der Waals surface area contributed by atoms with E-state index in [1.165, 1.54) is 6.92 Å². The zero-order valence-electron chi connectivity index (χ0n) is 16.8. The van der Waals surface area contributed by atoms with Gasteiger partial charge >= 0.3 is 0 Å². The third-order valence-electron chi connectivity index (χ3n) is 3.80. The van der Waals surface area contributed by atoms with Crippen LogP contribution in [-0.2, 0) is 6.54 Å². The van der Waals surface area contributed by atoms with Gasteiger partial charge in [-0.05, 0) is 47.1 Å². The van der Waals surface area contributed by atoms with Gasteiger partial charge in [0.2, 0.25) is 0 Å². The molecule has 2 aromatic carbocycles. The summed E-state index contributed by atoms with van der Waals surface area (Å²) in [4.78, 5) is 12.2. The van der Waals surface area contributed by atoms with Gasteiger partial charge in [0.1, 0.15) is 17.2 Å². The van der Waals surface area contributed by atoms with Crippen LogP contribution in [0.2, 0.25) is 6.82 Å². The molecule has 0 saturated carbocycles. The van der Waals surface area contributed by atoms with Crippen molar-refractivity contribution >= 4 is 51.6 Å². The molecule has 0 bridgehead atoms. The van der Waals surface area contributed by atoms with E-state index in [1.807, 2.05) is 41.0 Å².